The SMILES string of the molecule is CC1(C)SCC[C@@H]1C(=O)O. The predicted molar refractivity (Wildman–Crippen MR) is 42.3 cm³/mol. The van der Waals surface area contributed by atoms with Crippen LogP contribution in [0.3, 0.4) is 0 Å². The van der Waals surface area contributed by atoms with Crippen LogP contribution < -0.4 is 0 Å². The van der Waals surface area contributed by atoms with Crippen LogP contribution in [-0.2, 0) is 4.79 Å². The van der Waals surface area contributed by atoms with Crippen molar-refractivity contribution in [3.8, 4) is 0 Å². The second-order valence-corrected chi connectivity index (χ2v) is 4.88. The summed E-state index contributed by atoms with van der Waals surface area (Å²) in [6.07, 6.45) is 0.826. The zero-order valence-electron chi connectivity index (χ0n) is 6.26. The number of rotatable bonds is 1. The lowest BCUT2D eigenvalue weighted by atomic mass is 9.93. The minimum atomic E-state index is -0.644. The van der Waals surface area contributed by atoms with E-state index < -0.39 is 5.97 Å². The third kappa shape index (κ3) is 1.29. The topological polar surface area (TPSA) is 37.3 Å². The summed E-state index contributed by atoms with van der Waals surface area (Å²) in [5.41, 5.74) is 0. The quantitative estimate of drug-likeness (QED) is 0.633. The molecule has 2 nitrogen and oxygen atoms in total. The van der Waals surface area contributed by atoms with Gasteiger partial charge in [-0.3, -0.25) is 4.79 Å². The molecule has 58 valence electrons. The van der Waals surface area contributed by atoms with Gasteiger partial charge in [-0.25, -0.2) is 0 Å². The Balaban J connectivity index is 2.68. The van der Waals surface area contributed by atoms with E-state index in [1.54, 1.807) is 11.8 Å². The van der Waals surface area contributed by atoms with Crippen LogP contribution in [0.25, 0.3) is 0 Å². The summed E-state index contributed by atoms with van der Waals surface area (Å²) in [6, 6.07) is 0. The Kier molecular flexibility index (Phi) is 1.95. The van der Waals surface area contributed by atoms with Crippen molar-refractivity contribution in [2.75, 3.05) is 5.75 Å². The van der Waals surface area contributed by atoms with Gasteiger partial charge in [0, 0.05) is 4.75 Å². The monoisotopic (exact) mass is 160 g/mol. The molecule has 10 heavy (non-hydrogen) atoms. The third-order valence-electron chi connectivity index (χ3n) is 2.02. The molecule has 3 heteroatoms. The van der Waals surface area contributed by atoms with Crippen molar-refractivity contribution >= 4 is 17.7 Å². The molecular weight excluding hydrogens is 148 g/mol. The highest BCUT2D eigenvalue weighted by atomic mass is 32.2. The van der Waals surface area contributed by atoms with E-state index in [0.29, 0.717) is 0 Å². The fourth-order valence-electron chi connectivity index (χ4n) is 1.31. The van der Waals surface area contributed by atoms with Crippen molar-refractivity contribution in [3.05, 3.63) is 0 Å². The fourth-order valence-corrected chi connectivity index (χ4v) is 2.61. The summed E-state index contributed by atoms with van der Waals surface area (Å²) < 4.78 is -0.0498. The van der Waals surface area contributed by atoms with Crippen LogP contribution in [0.1, 0.15) is 20.3 Å². The summed E-state index contributed by atoms with van der Waals surface area (Å²) in [4.78, 5) is 10.6. The number of carboxylic acids is 1. The molecule has 1 rings (SSSR count). The van der Waals surface area contributed by atoms with E-state index in [-0.39, 0.29) is 10.7 Å². The highest BCUT2D eigenvalue weighted by Gasteiger charge is 2.39. The van der Waals surface area contributed by atoms with E-state index in [1.165, 1.54) is 0 Å². The van der Waals surface area contributed by atoms with Crippen molar-refractivity contribution < 1.29 is 9.90 Å². The van der Waals surface area contributed by atoms with Crippen molar-refractivity contribution in [1.82, 2.24) is 0 Å². The van der Waals surface area contributed by atoms with Crippen LogP contribution in [0, 0.1) is 5.92 Å². The Labute approximate surface area is 65.0 Å². The summed E-state index contributed by atoms with van der Waals surface area (Å²) in [5.74, 6) is 0.205. The molecule has 0 amide bonds. The number of aliphatic carboxylic acids is 1. The Morgan fingerprint density at radius 2 is 2.30 bits per heavy atom. The maximum Gasteiger partial charge on any atom is 0.307 e. The second-order valence-electron chi connectivity index (χ2n) is 3.13. The minimum absolute atomic E-state index is 0.0498. The maximum absolute atomic E-state index is 10.6. The molecule has 1 atom stereocenters. The number of carbonyl (C=O) groups is 1. The molecule has 1 N–H and O–H groups in total. The van der Waals surface area contributed by atoms with Crippen LogP contribution in [-0.4, -0.2) is 21.6 Å². The maximum atomic E-state index is 10.6. The Morgan fingerprint density at radius 3 is 2.50 bits per heavy atom. The largest absolute Gasteiger partial charge is 0.481 e. The summed E-state index contributed by atoms with van der Waals surface area (Å²) >= 11 is 1.76. The van der Waals surface area contributed by atoms with Gasteiger partial charge in [0.05, 0.1) is 5.92 Å². The molecule has 1 saturated heterocycles. The van der Waals surface area contributed by atoms with Gasteiger partial charge in [-0.15, -0.1) is 0 Å². The number of carboxylic acid groups (broad SMARTS) is 1. The first-order valence-electron chi connectivity index (χ1n) is 3.41. The molecule has 0 unspecified atom stereocenters. The molecule has 1 aliphatic heterocycles. The smallest absolute Gasteiger partial charge is 0.307 e. The van der Waals surface area contributed by atoms with Gasteiger partial charge in [0.15, 0.2) is 0 Å². The van der Waals surface area contributed by atoms with Crippen molar-refractivity contribution in [2.45, 2.75) is 25.0 Å². The lowest BCUT2D eigenvalue weighted by Crippen LogP contribution is -2.29. The number of hydrogen-bond donors (Lipinski definition) is 1. The van der Waals surface area contributed by atoms with Crippen molar-refractivity contribution in [1.29, 1.82) is 0 Å². The lowest BCUT2D eigenvalue weighted by molar-refractivity contribution is -0.142. The van der Waals surface area contributed by atoms with Crippen LogP contribution >= 0.6 is 11.8 Å². The second kappa shape index (κ2) is 2.46. The van der Waals surface area contributed by atoms with Crippen LogP contribution in [0.5, 0.6) is 0 Å². The Hall–Kier alpha value is -0.180. The van der Waals surface area contributed by atoms with E-state index in [4.69, 9.17) is 5.11 Å². The van der Waals surface area contributed by atoms with Crippen LogP contribution in [0.2, 0.25) is 0 Å². The molecule has 0 bridgehead atoms. The van der Waals surface area contributed by atoms with Crippen molar-refractivity contribution in [2.24, 2.45) is 5.92 Å². The van der Waals surface area contributed by atoms with Gasteiger partial charge in [0.2, 0.25) is 0 Å². The zero-order chi connectivity index (χ0) is 7.78. The van der Waals surface area contributed by atoms with E-state index in [0.717, 1.165) is 12.2 Å². The molecule has 0 aromatic carbocycles. The van der Waals surface area contributed by atoms with Crippen LogP contribution in [0.15, 0.2) is 0 Å². The van der Waals surface area contributed by atoms with Gasteiger partial charge < -0.3 is 5.11 Å². The number of thioether (sulfide) groups is 1. The zero-order valence-corrected chi connectivity index (χ0v) is 7.07. The third-order valence-corrected chi connectivity index (χ3v) is 3.49. The van der Waals surface area contributed by atoms with Crippen molar-refractivity contribution in [3.63, 3.8) is 0 Å². The molecule has 0 saturated carbocycles. The standard InChI is InChI=1S/C7H12O2S/c1-7(2)5(6(8)9)3-4-10-7/h5H,3-4H2,1-2H3,(H,8,9)/t5-/m1/s1. The Bertz CT molecular complexity index is 154. The molecule has 0 aromatic heterocycles. The normalized spacial score (nSPS) is 30.4. The van der Waals surface area contributed by atoms with E-state index in [1.807, 2.05) is 13.8 Å². The number of hydrogen-bond acceptors (Lipinski definition) is 2. The first-order chi connectivity index (χ1) is 4.54. The minimum Gasteiger partial charge on any atom is -0.481 e. The van der Waals surface area contributed by atoms with Gasteiger partial charge >= 0.3 is 5.97 Å². The lowest BCUT2D eigenvalue weighted by Gasteiger charge is -2.21. The molecule has 1 heterocycles. The molecule has 1 aliphatic rings. The van der Waals surface area contributed by atoms with E-state index >= 15 is 0 Å². The highest BCUT2D eigenvalue weighted by Crippen LogP contribution is 2.42. The van der Waals surface area contributed by atoms with E-state index in [2.05, 4.69) is 0 Å². The highest BCUT2D eigenvalue weighted by molar-refractivity contribution is 8.00. The predicted octanol–water partition coefficient (Wildman–Crippen LogP) is 1.60. The van der Waals surface area contributed by atoms with E-state index in [9.17, 15) is 4.79 Å². The Morgan fingerprint density at radius 1 is 1.70 bits per heavy atom. The van der Waals surface area contributed by atoms with Gasteiger partial charge in [-0.05, 0) is 26.0 Å². The van der Waals surface area contributed by atoms with Gasteiger partial charge in [0.1, 0.15) is 0 Å². The fraction of sp³-hybridized carbons (Fsp3) is 0.857. The molecule has 0 aromatic rings. The van der Waals surface area contributed by atoms with Gasteiger partial charge in [0.25, 0.3) is 0 Å². The van der Waals surface area contributed by atoms with Crippen LogP contribution in [0.4, 0.5) is 0 Å². The van der Waals surface area contributed by atoms with Gasteiger partial charge in [-0.2, -0.15) is 11.8 Å². The average molecular weight is 160 g/mol. The molecule has 0 spiro atoms. The molecular formula is C7H12O2S. The first-order valence-corrected chi connectivity index (χ1v) is 4.39. The van der Waals surface area contributed by atoms with Gasteiger partial charge in [-0.1, -0.05) is 0 Å². The summed E-state index contributed by atoms with van der Waals surface area (Å²) in [6.45, 7) is 4.01. The first kappa shape index (κ1) is 7.92. The molecule has 1 fully saturated rings. The molecule has 0 aliphatic carbocycles. The summed E-state index contributed by atoms with van der Waals surface area (Å²) in [5, 5.41) is 8.74. The molecule has 0 radical (unpaired) electrons. The average Bonchev–Trinajstić information content (AvgIpc) is 2.08. The summed E-state index contributed by atoms with van der Waals surface area (Å²) in [7, 11) is 0.